The summed E-state index contributed by atoms with van der Waals surface area (Å²) in [5.74, 6) is -0.648. The molecule has 0 spiro atoms. The van der Waals surface area contributed by atoms with Crippen LogP contribution in [0.4, 0.5) is 13.2 Å². The van der Waals surface area contributed by atoms with Gasteiger partial charge in [0.2, 0.25) is 0 Å². The molecule has 0 saturated heterocycles. The summed E-state index contributed by atoms with van der Waals surface area (Å²) in [5.41, 5.74) is 0.362. The number of methoxy groups -OCH3 is 1. The van der Waals surface area contributed by atoms with Gasteiger partial charge in [0.05, 0.1) is 17.6 Å². The van der Waals surface area contributed by atoms with Gasteiger partial charge >= 0.3 is 12.1 Å². The van der Waals surface area contributed by atoms with Crippen molar-refractivity contribution in [3.05, 3.63) is 35.0 Å². The zero-order chi connectivity index (χ0) is 15.6. The lowest BCUT2D eigenvalue weighted by Gasteiger charge is -2.10. The number of carbonyl (C=O) groups excluding carboxylic acids is 1. The number of fused-ring (bicyclic) bond motifs is 1. The van der Waals surface area contributed by atoms with Crippen molar-refractivity contribution in [3.8, 4) is 5.75 Å². The van der Waals surface area contributed by atoms with Gasteiger partial charge in [0.15, 0.2) is 12.3 Å². The van der Waals surface area contributed by atoms with E-state index in [-0.39, 0.29) is 16.5 Å². The number of carbonyl (C=O) groups is 1. The minimum atomic E-state index is -4.42. The number of hydrogen-bond acceptors (Lipinski definition) is 4. The van der Waals surface area contributed by atoms with Crippen molar-refractivity contribution >= 4 is 28.5 Å². The van der Waals surface area contributed by atoms with E-state index in [1.54, 1.807) is 0 Å². The van der Waals surface area contributed by atoms with Gasteiger partial charge < -0.3 is 9.47 Å². The first kappa shape index (κ1) is 15.4. The minimum absolute atomic E-state index is 0.00865. The lowest BCUT2D eigenvalue weighted by atomic mass is 10.2. The molecular formula is C13H9ClF3NO3. The molecule has 112 valence electrons. The number of aromatic nitrogens is 1. The second-order valence-corrected chi connectivity index (χ2v) is 4.47. The van der Waals surface area contributed by atoms with Gasteiger partial charge in [-0.25, -0.2) is 9.78 Å². The molecular weight excluding hydrogens is 311 g/mol. The first-order chi connectivity index (χ1) is 9.80. The molecule has 0 saturated carbocycles. The standard InChI is InChI=1S/C13H9ClF3NO3/c1-20-12(19)11-5-9(14)8-4-7(2-3-10(8)18-11)21-6-13(15,16)17/h2-5H,6H2,1H3. The summed E-state index contributed by atoms with van der Waals surface area (Å²) in [6, 6.07) is 5.35. The van der Waals surface area contributed by atoms with Gasteiger partial charge in [-0.1, -0.05) is 11.6 Å². The molecule has 0 aliphatic heterocycles. The normalized spacial score (nSPS) is 11.5. The number of rotatable bonds is 3. The largest absolute Gasteiger partial charge is 0.484 e. The first-order valence-corrected chi connectivity index (χ1v) is 6.06. The molecule has 0 aliphatic carbocycles. The number of nitrogens with zero attached hydrogens (tertiary/aromatic N) is 1. The van der Waals surface area contributed by atoms with E-state index in [0.29, 0.717) is 10.9 Å². The van der Waals surface area contributed by atoms with Crippen LogP contribution in [0.5, 0.6) is 5.75 Å². The number of pyridine rings is 1. The highest BCUT2D eigenvalue weighted by Gasteiger charge is 2.28. The van der Waals surface area contributed by atoms with Gasteiger partial charge in [0, 0.05) is 5.39 Å². The average molecular weight is 320 g/mol. The Hall–Kier alpha value is -2.02. The molecule has 21 heavy (non-hydrogen) atoms. The van der Waals surface area contributed by atoms with E-state index < -0.39 is 18.8 Å². The molecule has 0 aliphatic rings. The highest BCUT2D eigenvalue weighted by molar-refractivity contribution is 6.35. The Labute approximate surface area is 122 Å². The fourth-order valence-corrected chi connectivity index (χ4v) is 1.88. The van der Waals surface area contributed by atoms with Crippen LogP contribution in [0.15, 0.2) is 24.3 Å². The van der Waals surface area contributed by atoms with Crippen molar-refractivity contribution in [3.63, 3.8) is 0 Å². The molecule has 0 radical (unpaired) electrons. The van der Waals surface area contributed by atoms with Crippen LogP contribution in [-0.2, 0) is 4.74 Å². The van der Waals surface area contributed by atoms with Crippen molar-refractivity contribution in [2.75, 3.05) is 13.7 Å². The quantitative estimate of drug-likeness (QED) is 0.811. The molecule has 0 unspecified atom stereocenters. The van der Waals surface area contributed by atoms with Crippen LogP contribution in [0, 0.1) is 0 Å². The SMILES string of the molecule is COC(=O)c1cc(Cl)c2cc(OCC(F)(F)F)ccc2n1. The molecule has 2 aromatic rings. The predicted octanol–water partition coefficient (Wildman–Crippen LogP) is 3.62. The third kappa shape index (κ3) is 3.75. The first-order valence-electron chi connectivity index (χ1n) is 5.68. The Kier molecular flexibility index (Phi) is 4.22. The molecule has 0 amide bonds. The summed E-state index contributed by atoms with van der Waals surface area (Å²) >= 11 is 6.00. The van der Waals surface area contributed by atoms with Crippen LogP contribution in [0.1, 0.15) is 10.5 Å². The summed E-state index contributed by atoms with van der Waals surface area (Å²) in [4.78, 5) is 15.4. The summed E-state index contributed by atoms with van der Waals surface area (Å²) in [7, 11) is 1.20. The molecule has 0 N–H and O–H groups in total. The van der Waals surface area contributed by atoms with E-state index in [4.69, 9.17) is 11.6 Å². The molecule has 0 bridgehead atoms. The van der Waals surface area contributed by atoms with E-state index in [0.717, 1.165) is 0 Å². The number of ether oxygens (including phenoxy) is 2. The van der Waals surface area contributed by atoms with Crippen molar-refractivity contribution in [1.82, 2.24) is 4.98 Å². The number of benzene rings is 1. The van der Waals surface area contributed by atoms with E-state index in [1.165, 1.54) is 31.4 Å². The van der Waals surface area contributed by atoms with E-state index >= 15 is 0 Å². The third-order valence-corrected chi connectivity index (χ3v) is 2.84. The Morgan fingerprint density at radius 1 is 1.33 bits per heavy atom. The van der Waals surface area contributed by atoms with E-state index in [2.05, 4.69) is 14.5 Å². The van der Waals surface area contributed by atoms with Crippen molar-refractivity contribution in [2.45, 2.75) is 6.18 Å². The summed E-state index contributed by atoms with van der Waals surface area (Å²) in [6.45, 7) is -1.40. The Balaban J connectivity index is 2.36. The Morgan fingerprint density at radius 3 is 2.67 bits per heavy atom. The fourth-order valence-electron chi connectivity index (χ4n) is 1.63. The van der Waals surface area contributed by atoms with Gasteiger partial charge in [-0.2, -0.15) is 13.2 Å². The van der Waals surface area contributed by atoms with E-state index in [1.807, 2.05) is 0 Å². The van der Waals surface area contributed by atoms with Crippen LogP contribution in [0.3, 0.4) is 0 Å². The van der Waals surface area contributed by atoms with Crippen LogP contribution in [0.25, 0.3) is 10.9 Å². The number of esters is 1. The molecule has 0 atom stereocenters. The molecule has 1 aromatic carbocycles. The monoisotopic (exact) mass is 319 g/mol. The molecule has 2 rings (SSSR count). The second kappa shape index (κ2) is 5.77. The zero-order valence-corrected chi connectivity index (χ0v) is 11.5. The molecule has 0 fully saturated rings. The number of halogens is 4. The van der Waals surface area contributed by atoms with Crippen LogP contribution in [-0.4, -0.2) is 30.8 Å². The summed E-state index contributed by atoms with van der Waals surface area (Å²) in [5, 5.41) is 0.543. The van der Waals surface area contributed by atoms with Crippen molar-refractivity contribution < 1.29 is 27.4 Å². The maximum atomic E-state index is 12.1. The van der Waals surface area contributed by atoms with Crippen LogP contribution < -0.4 is 4.74 Å². The van der Waals surface area contributed by atoms with Gasteiger partial charge in [-0.15, -0.1) is 0 Å². The van der Waals surface area contributed by atoms with Crippen LogP contribution in [0.2, 0.25) is 5.02 Å². The summed E-state index contributed by atoms with van der Waals surface area (Å²) in [6.07, 6.45) is -4.42. The number of hydrogen-bond donors (Lipinski definition) is 0. The maximum Gasteiger partial charge on any atom is 0.422 e. The highest BCUT2D eigenvalue weighted by atomic mass is 35.5. The van der Waals surface area contributed by atoms with Gasteiger partial charge in [0.25, 0.3) is 0 Å². The fraction of sp³-hybridized carbons (Fsp3) is 0.231. The molecule has 1 aromatic heterocycles. The van der Waals surface area contributed by atoms with Crippen molar-refractivity contribution in [1.29, 1.82) is 0 Å². The summed E-state index contributed by atoms with van der Waals surface area (Å²) < 4.78 is 45.5. The van der Waals surface area contributed by atoms with Crippen LogP contribution >= 0.6 is 11.6 Å². The Morgan fingerprint density at radius 2 is 2.05 bits per heavy atom. The van der Waals surface area contributed by atoms with Gasteiger partial charge in [0.1, 0.15) is 5.75 Å². The zero-order valence-electron chi connectivity index (χ0n) is 10.7. The smallest absolute Gasteiger partial charge is 0.422 e. The third-order valence-electron chi connectivity index (χ3n) is 2.53. The lowest BCUT2D eigenvalue weighted by Crippen LogP contribution is -2.19. The second-order valence-electron chi connectivity index (χ2n) is 4.06. The Bertz CT molecular complexity index is 688. The van der Waals surface area contributed by atoms with Crippen molar-refractivity contribution in [2.24, 2.45) is 0 Å². The number of alkyl halides is 3. The van der Waals surface area contributed by atoms with E-state index in [9.17, 15) is 18.0 Å². The average Bonchev–Trinajstić information content (AvgIpc) is 2.43. The minimum Gasteiger partial charge on any atom is -0.484 e. The van der Waals surface area contributed by atoms with Gasteiger partial charge in [-0.3, -0.25) is 0 Å². The van der Waals surface area contributed by atoms with Gasteiger partial charge in [-0.05, 0) is 24.3 Å². The highest BCUT2D eigenvalue weighted by Crippen LogP contribution is 2.28. The lowest BCUT2D eigenvalue weighted by molar-refractivity contribution is -0.153. The molecule has 4 nitrogen and oxygen atoms in total. The molecule has 1 heterocycles. The predicted molar refractivity (Wildman–Crippen MR) is 69.6 cm³/mol. The topological polar surface area (TPSA) is 48.4 Å². The maximum absolute atomic E-state index is 12.1. The molecule has 8 heteroatoms.